The van der Waals surface area contributed by atoms with Crippen molar-refractivity contribution >= 4 is 13.7 Å². The quantitative estimate of drug-likeness (QED) is 0.759. The predicted molar refractivity (Wildman–Crippen MR) is 61.9 cm³/mol. The van der Waals surface area contributed by atoms with Crippen molar-refractivity contribution in [2.45, 2.75) is 13.0 Å². The van der Waals surface area contributed by atoms with Gasteiger partial charge in [0.05, 0.1) is 0 Å². The Bertz CT molecular complexity index is 422. The molecule has 0 radical (unpaired) electrons. The number of carbonyl (C=O) groups is 1. The van der Waals surface area contributed by atoms with Crippen LogP contribution in [0.2, 0.25) is 0 Å². The van der Waals surface area contributed by atoms with Crippen molar-refractivity contribution in [1.29, 1.82) is 0 Å². The molecule has 0 saturated heterocycles. The van der Waals surface area contributed by atoms with Crippen LogP contribution < -0.4 is 9.61 Å². The minimum atomic E-state index is -3.66. The zero-order valence-electron chi connectivity index (χ0n) is 9.49. The first kappa shape index (κ1) is 13.7. The van der Waals surface area contributed by atoms with Crippen LogP contribution in [0, 0.1) is 0 Å². The lowest BCUT2D eigenvalue weighted by molar-refractivity contribution is -0.138. The fraction of sp³-hybridized carbons (Fsp3) is 0.300. The summed E-state index contributed by atoms with van der Waals surface area (Å²) < 4.78 is 21.9. The Kier molecular flexibility index (Phi) is 4.69. The van der Waals surface area contributed by atoms with E-state index in [9.17, 15) is 9.36 Å². The number of carboxylic acid groups (broad SMARTS) is 1. The summed E-state index contributed by atoms with van der Waals surface area (Å²) in [7, 11) is -2.48. The largest absolute Gasteiger partial charge is 0.480 e. The highest BCUT2D eigenvalue weighted by Crippen LogP contribution is 2.43. The average Bonchev–Trinajstić information content (AvgIpc) is 2.30. The number of aliphatic carboxylic acids is 1. The SMILES string of the molecule is COP(=O)(N[C@@H](C)C(=O)O)Oc1ccccc1. The van der Waals surface area contributed by atoms with Gasteiger partial charge in [0.15, 0.2) is 0 Å². The number of hydrogen-bond acceptors (Lipinski definition) is 4. The molecular formula is C10H14NO5P. The standard InChI is InChI=1S/C10H14NO5P/c1-8(10(12)13)11-17(14,15-2)16-9-6-4-3-5-7-9/h3-8H,1-2H3,(H,11,14)(H,12,13)/t8-,17?/m0/s1. The number of rotatable bonds is 6. The van der Waals surface area contributed by atoms with Gasteiger partial charge in [0, 0.05) is 7.11 Å². The molecule has 0 spiro atoms. The second-order valence-corrected chi connectivity index (χ2v) is 5.07. The van der Waals surface area contributed by atoms with Gasteiger partial charge in [-0.15, -0.1) is 0 Å². The van der Waals surface area contributed by atoms with Gasteiger partial charge < -0.3 is 9.63 Å². The molecule has 0 fully saturated rings. The first-order chi connectivity index (χ1) is 7.97. The molecule has 6 nitrogen and oxygen atoms in total. The molecule has 1 rings (SSSR count). The van der Waals surface area contributed by atoms with Crippen LogP contribution >= 0.6 is 7.75 Å². The minimum Gasteiger partial charge on any atom is -0.480 e. The van der Waals surface area contributed by atoms with Crippen molar-refractivity contribution in [3.8, 4) is 5.75 Å². The maximum atomic E-state index is 12.0. The Hall–Kier alpha value is -1.36. The second kappa shape index (κ2) is 5.82. The smallest absolute Gasteiger partial charge is 0.459 e. The molecule has 2 N–H and O–H groups in total. The third-order valence-electron chi connectivity index (χ3n) is 1.93. The van der Waals surface area contributed by atoms with Crippen molar-refractivity contribution in [3.63, 3.8) is 0 Å². The molecular weight excluding hydrogens is 245 g/mol. The third kappa shape index (κ3) is 4.19. The molecule has 0 aliphatic heterocycles. The van der Waals surface area contributed by atoms with Crippen LogP contribution in [0.3, 0.4) is 0 Å². The first-order valence-corrected chi connectivity index (χ1v) is 6.42. The molecule has 2 atom stereocenters. The summed E-state index contributed by atoms with van der Waals surface area (Å²) in [6, 6.07) is 7.34. The lowest BCUT2D eigenvalue weighted by Crippen LogP contribution is -2.33. The van der Waals surface area contributed by atoms with E-state index in [4.69, 9.17) is 14.2 Å². The van der Waals surface area contributed by atoms with Gasteiger partial charge in [-0.2, -0.15) is 5.09 Å². The zero-order valence-corrected chi connectivity index (χ0v) is 10.4. The molecule has 94 valence electrons. The maximum absolute atomic E-state index is 12.0. The van der Waals surface area contributed by atoms with Crippen LogP contribution in [-0.4, -0.2) is 24.2 Å². The summed E-state index contributed by atoms with van der Waals surface area (Å²) in [4.78, 5) is 10.7. The maximum Gasteiger partial charge on any atom is 0.459 e. The van der Waals surface area contributed by atoms with E-state index in [0.717, 1.165) is 0 Å². The van der Waals surface area contributed by atoms with Gasteiger partial charge in [0.25, 0.3) is 0 Å². The fourth-order valence-corrected chi connectivity index (χ4v) is 2.25. The number of nitrogens with one attached hydrogen (secondary N) is 1. The van der Waals surface area contributed by atoms with Crippen molar-refractivity contribution in [3.05, 3.63) is 30.3 Å². The molecule has 0 heterocycles. The molecule has 0 aliphatic rings. The highest BCUT2D eigenvalue weighted by atomic mass is 31.2. The highest BCUT2D eigenvalue weighted by molar-refractivity contribution is 7.52. The Morgan fingerprint density at radius 2 is 2.00 bits per heavy atom. The normalized spacial score (nSPS) is 15.9. The molecule has 0 aliphatic carbocycles. The van der Waals surface area contributed by atoms with Crippen molar-refractivity contribution < 1.29 is 23.5 Å². The van der Waals surface area contributed by atoms with Crippen LogP contribution in [0.5, 0.6) is 5.75 Å². The average molecular weight is 259 g/mol. The van der Waals surface area contributed by atoms with Crippen molar-refractivity contribution in [2.75, 3.05) is 7.11 Å². The number of benzene rings is 1. The summed E-state index contributed by atoms with van der Waals surface area (Å²) in [5.41, 5.74) is 0. The van der Waals surface area contributed by atoms with Gasteiger partial charge in [-0.25, -0.2) is 4.57 Å². The van der Waals surface area contributed by atoms with Crippen LogP contribution in [0.4, 0.5) is 0 Å². The summed E-state index contributed by atoms with van der Waals surface area (Å²) in [6.45, 7) is 1.35. The fourth-order valence-electron chi connectivity index (χ4n) is 1.03. The lowest BCUT2D eigenvalue weighted by Gasteiger charge is -2.19. The van der Waals surface area contributed by atoms with Gasteiger partial charge in [0.2, 0.25) is 0 Å². The van der Waals surface area contributed by atoms with Gasteiger partial charge in [-0.05, 0) is 19.1 Å². The van der Waals surface area contributed by atoms with Gasteiger partial charge in [0.1, 0.15) is 11.8 Å². The topological polar surface area (TPSA) is 84.9 Å². The van der Waals surface area contributed by atoms with Gasteiger partial charge in [-0.1, -0.05) is 18.2 Å². The first-order valence-electron chi connectivity index (χ1n) is 4.88. The third-order valence-corrected chi connectivity index (χ3v) is 3.57. The molecule has 1 unspecified atom stereocenters. The summed E-state index contributed by atoms with van der Waals surface area (Å²) in [5.74, 6) is -0.804. The molecule has 1 aromatic carbocycles. The van der Waals surface area contributed by atoms with Crippen LogP contribution in [0.15, 0.2) is 30.3 Å². The Morgan fingerprint density at radius 1 is 1.41 bits per heavy atom. The molecule has 0 amide bonds. The van der Waals surface area contributed by atoms with E-state index < -0.39 is 19.8 Å². The highest BCUT2D eigenvalue weighted by Gasteiger charge is 2.29. The van der Waals surface area contributed by atoms with Crippen LogP contribution in [0.1, 0.15) is 6.92 Å². The predicted octanol–water partition coefficient (Wildman–Crippen LogP) is 1.88. The number of hydrogen-bond donors (Lipinski definition) is 2. The Morgan fingerprint density at radius 3 is 2.47 bits per heavy atom. The van der Waals surface area contributed by atoms with Gasteiger partial charge >= 0.3 is 13.7 Å². The van der Waals surface area contributed by atoms with E-state index >= 15 is 0 Å². The second-order valence-electron chi connectivity index (χ2n) is 3.27. The van der Waals surface area contributed by atoms with E-state index in [1.54, 1.807) is 30.3 Å². The van der Waals surface area contributed by atoms with Crippen molar-refractivity contribution in [1.82, 2.24) is 5.09 Å². The summed E-state index contributed by atoms with van der Waals surface area (Å²) >= 11 is 0. The zero-order chi connectivity index (χ0) is 12.9. The van der Waals surface area contributed by atoms with Gasteiger partial charge in [-0.3, -0.25) is 9.32 Å². The lowest BCUT2D eigenvalue weighted by atomic mass is 10.3. The molecule has 0 aromatic heterocycles. The molecule has 1 aromatic rings. The Balaban J connectivity index is 2.76. The summed E-state index contributed by atoms with van der Waals surface area (Å²) in [6.07, 6.45) is 0. The summed E-state index contributed by atoms with van der Waals surface area (Å²) in [5, 5.41) is 11.0. The van der Waals surface area contributed by atoms with E-state index in [0.29, 0.717) is 5.75 Å². The monoisotopic (exact) mass is 259 g/mol. The molecule has 7 heteroatoms. The van der Waals surface area contributed by atoms with E-state index in [-0.39, 0.29) is 0 Å². The molecule has 17 heavy (non-hydrogen) atoms. The molecule has 0 bridgehead atoms. The number of carboxylic acids is 1. The van der Waals surface area contributed by atoms with E-state index in [2.05, 4.69) is 5.09 Å². The number of para-hydroxylation sites is 1. The van der Waals surface area contributed by atoms with Crippen LogP contribution in [0.25, 0.3) is 0 Å². The molecule has 0 saturated carbocycles. The van der Waals surface area contributed by atoms with Crippen LogP contribution in [-0.2, 0) is 13.9 Å². The van der Waals surface area contributed by atoms with Crippen molar-refractivity contribution in [2.24, 2.45) is 0 Å². The van der Waals surface area contributed by atoms with E-state index in [1.807, 2.05) is 0 Å². The minimum absolute atomic E-state index is 0.336. The van der Waals surface area contributed by atoms with E-state index in [1.165, 1.54) is 14.0 Å². The Labute approximate surface area is 99.1 Å².